The van der Waals surface area contributed by atoms with E-state index in [4.69, 9.17) is 4.42 Å². The van der Waals surface area contributed by atoms with Crippen molar-refractivity contribution >= 4 is 71.6 Å². The average Bonchev–Trinajstić information content (AvgIpc) is 3.94. The number of fused-ring (bicyclic) bond motifs is 7. The predicted octanol–water partition coefficient (Wildman–Crippen LogP) is 18.0. The second-order valence-electron chi connectivity index (χ2n) is 17.3. The largest absolute Gasteiger partial charge is 0.456 e. The Morgan fingerprint density at radius 1 is 0.313 bits per heavy atom. The molecule has 13 rings (SSSR count). The summed E-state index contributed by atoms with van der Waals surface area (Å²) in [6, 6.07) is 91.9. The second kappa shape index (κ2) is 16.0. The van der Waals surface area contributed by atoms with Gasteiger partial charge in [0, 0.05) is 44.2 Å². The Morgan fingerprint density at radius 2 is 0.866 bits per heavy atom. The zero-order valence-electron chi connectivity index (χ0n) is 36.6. The number of anilines is 3. The molecule has 0 spiro atoms. The monoisotopic (exact) mass is 854 g/mol. The molecule has 0 aliphatic rings. The highest BCUT2D eigenvalue weighted by Gasteiger charge is 2.22. The number of aromatic nitrogens is 1. The third-order valence-electron chi connectivity index (χ3n) is 13.4. The maximum absolute atomic E-state index is 6.61. The molecule has 0 amide bonds. The first-order chi connectivity index (χ1) is 33.2. The summed E-state index contributed by atoms with van der Waals surface area (Å²) in [5, 5.41) is 7.07. The van der Waals surface area contributed by atoms with Crippen LogP contribution in [0.1, 0.15) is 0 Å². The fourth-order valence-corrected chi connectivity index (χ4v) is 10.3. The third-order valence-corrected chi connectivity index (χ3v) is 13.4. The molecular weight excluding hydrogens is 813 g/mol. The minimum Gasteiger partial charge on any atom is -0.456 e. The quantitative estimate of drug-likeness (QED) is 0.152. The van der Waals surface area contributed by atoms with Crippen LogP contribution in [0.15, 0.2) is 259 Å². The molecule has 0 fully saturated rings. The van der Waals surface area contributed by atoms with Gasteiger partial charge in [0.2, 0.25) is 0 Å². The standard InChI is InChI=1S/C64H42N2O/c1-3-16-44(17-4-1)52-39-32-48(40-57(52)45-18-5-2-6-19-45)43-30-33-49(34-31-43)65(50-35-37-51(38-36-50)66-60-27-13-9-22-53(60)54-23-10-14-28-61(54)66)59-26-12-11-24-55(59)56-25-15-29-62-64(56)58-41-46-20-7-8-21-47(46)42-63(58)67-62/h1-42H. The van der Waals surface area contributed by atoms with E-state index >= 15 is 0 Å². The van der Waals surface area contributed by atoms with Crippen molar-refractivity contribution in [3.8, 4) is 50.2 Å². The minimum atomic E-state index is 0.872. The van der Waals surface area contributed by atoms with Gasteiger partial charge < -0.3 is 13.9 Å². The van der Waals surface area contributed by atoms with Crippen LogP contribution >= 0.6 is 0 Å². The molecule has 0 atom stereocenters. The molecule has 0 saturated heterocycles. The fourth-order valence-electron chi connectivity index (χ4n) is 10.3. The second-order valence-corrected chi connectivity index (χ2v) is 17.3. The van der Waals surface area contributed by atoms with Crippen LogP contribution in [0.2, 0.25) is 0 Å². The normalized spacial score (nSPS) is 11.6. The Morgan fingerprint density at radius 3 is 1.57 bits per heavy atom. The summed E-state index contributed by atoms with van der Waals surface area (Å²) >= 11 is 0. The fraction of sp³-hybridized carbons (Fsp3) is 0. The van der Waals surface area contributed by atoms with E-state index in [1.807, 2.05) is 0 Å². The molecule has 0 aliphatic heterocycles. The van der Waals surface area contributed by atoms with E-state index in [1.54, 1.807) is 0 Å². The zero-order valence-corrected chi connectivity index (χ0v) is 36.6. The maximum Gasteiger partial charge on any atom is 0.136 e. The van der Waals surface area contributed by atoms with Crippen LogP contribution in [0, 0.1) is 0 Å². The van der Waals surface area contributed by atoms with Gasteiger partial charge in [0.25, 0.3) is 0 Å². The van der Waals surface area contributed by atoms with Gasteiger partial charge in [-0.25, -0.2) is 0 Å². The van der Waals surface area contributed by atoms with Gasteiger partial charge in [0.05, 0.1) is 16.7 Å². The first kappa shape index (κ1) is 38.5. The molecule has 0 unspecified atom stereocenters. The van der Waals surface area contributed by atoms with Crippen molar-refractivity contribution in [2.75, 3.05) is 4.90 Å². The van der Waals surface area contributed by atoms with Crippen molar-refractivity contribution in [2.24, 2.45) is 0 Å². The lowest BCUT2D eigenvalue weighted by atomic mass is 9.91. The molecule has 314 valence electrons. The summed E-state index contributed by atoms with van der Waals surface area (Å²) in [4.78, 5) is 2.40. The van der Waals surface area contributed by atoms with E-state index in [-0.39, 0.29) is 0 Å². The van der Waals surface area contributed by atoms with Gasteiger partial charge >= 0.3 is 0 Å². The minimum absolute atomic E-state index is 0.872. The number of para-hydroxylation sites is 3. The van der Waals surface area contributed by atoms with Crippen molar-refractivity contribution in [3.05, 3.63) is 255 Å². The van der Waals surface area contributed by atoms with Crippen molar-refractivity contribution in [1.82, 2.24) is 4.57 Å². The molecule has 2 heterocycles. The van der Waals surface area contributed by atoms with Gasteiger partial charge in [-0.1, -0.05) is 176 Å². The lowest BCUT2D eigenvalue weighted by Crippen LogP contribution is -2.11. The average molecular weight is 855 g/mol. The topological polar surface area (TPSA) is 21.3 Å². The Bertz CT molecular complexity index is 3900. The molecule has 3 nitrogen and oxygen atoms in total. The van der Waals surface area contributed by atoms with Crippen molar-refractivity contribution in [1.29, 1.82) is 0 Å². The molecule has 0 N–H and O–H groups in total. The first-order valence-corrected chi connectivity index (χ1v) is 22.9. The Kier molecular flexibility index (Phi) is 9.17. The molecular formula is C64H42N2O. The van der Waals surface area contributed by atoms with Gasteiger partial charge in [-0.3, -0.25) is 0 Å². The molecule has 11 aromatic carbocycles. The molecule has 13 aromatic rings. The van der Waals surface area contributed by atoms with E-state index in [2.05, 4.69) is 264 Å². The summed E-state index contributed by atoms with van der Waals surface area (Å²) in [7, 11) is 0. The zero-order chi connectivity index (χ0) is 44.3. The molecule has 0 radical (unpaired) electrons. The number of nitrogens with zero attached hydrogens (tertiary/aromatic N) is 2. The molecule has 0 bridgehead atoms. The number of benzene rings is 11. The van der Waals surface area contributed by atoms with Crippen LogP contribution in [-0.4, -0.2) is 4.57 Å². The highest BCUT2D eigenvalue weighted by Crippen LogP contribution is 2.46. The number of hydrogen-bond donors (Lipinski definition) is 0. The van der Waals surface area contributed by atoms with Crippen molar-refractivity contribution in [2.45, 2.75) is 0 Å². The van der Waals surface area contributed by atoms with Crippen molar-refractivity contribution < 1.29 is 4.42 Å². The SMILES string of the molecule is c1ccc(-c2ccc(-c3ccc(N(c4ccc(-n5c6ccccc6c6ccccc65)cc4)c4ccccc4-c4cccc5oc6cc7ccccc7cc6c45)cc3)cc2-c2ccccc2)cc1. The highest BCUT2D eigenvalue weighted by molar-refractivity contribution is 6.17. The van der Waals surface area contributed by atoms with E-state index in [0.29, 0.717) is 0 Å². The predicted molar refractivity (Wildman–Crippen MR) is 282 cm³/mol. The van der Waals surface area contributed by atoms with E-state index < -0.39 is 0 Å². The van der Waals surface area contributed by atoms with Crippen LogP contribution in [0.25, 0.3) is 105 Å². The molecule has 67 heavy (non-hydrogen) atoms. The van der Waals surface area contributed by atoms with Crippen LogP contribution in [0.5, 0.6) is 0 Å². The third kappa shape index (κ3) is 6.59. The van der Waals surface area contributed by atoms with Gasteiger partial charge in [-0.2, -0.15) is 0 Å². The van der Waals surface area contributed by atoms with Gasteiger partial charge in [-0.05, 0) is 129 Å². The summed E-state index contributed by atoms with van der Waals surface area (Å²) in [6.07, 6.45) is 0. The number of rotatable bonds is 8. The molecule has 0 saturated carbocycles. The van der Waals surface area contributed by atoms with Crippen LogP contribution in [0.3, 0.4) is 0 Å². The summed E-state index contributed by atoms with van der Waals surface area (Å²) in [6.45, 7) is 0. The van der Waals surface area contributed by atoms with Crippen LogP contribution in [-0.2, 0) is 0 Å². The molecule has 0 aliphatic carbocycles. The molecule has 3 heteroatoms. The van der Waals surface area contributed by atoms with Crippen molar-refractivity contribution in [3.63, 3.8) is 0 Å². The Balaban J connectivity index is 0.972. The van der Waals surface area contributed by atoms with Gasteiger partial charge in [0.15, 0.2) is 0 Å². The van der Waals surface area contributed by atoms with Gasteiger partial charge in [0.1, 0.15) is 11.2 Å². The smallest absolute Gasteiger partial charge is 0.136 e. The molecule has 2 aromatic heterocycles. The number of furan rings is 1. The van der Waals surface area contributed by atoms with E-state index in [1.165, 1.54) is 60.4 Å². The lowest BCUT2D eigenvalue weighted by Gasteiger charge is -2.28. The Labute approximate surface area is 388 Å². The maximum atomic E-state index is 6.61. The Hall–Kier alpha value is -8.92. The summed E-state index contributed by atoms with van der Waals surface area (Å²) in [5.74, 6) is 0. The van der Waals surface area contributed by atoms with E-state index in [9.17, 15) is 0 Å². The van der Waals surface area contributed by atoms with Gasteiger partial charge in [-0.15, -0.1) is 0 Å². The van der Waals surface area contributed by atoms with E-state index in [0.717, 1.165) is 61.4 Å². The highest BCUT2D eigenvalue weighted by atomic mass is 16.3. The van der Waals surface area contributed by atoms with Crippen LogP contribution in [0.4, 0.5) is 17.1 Å². The lowest BCUT2D eigenvalue weighted by molar-refractivity contribution is 0.669. The first-order valence-electron chi connectivity index (χ1n) is 22.9. The van der Waals surface area contributed by atoms with Crippen LogP contribution < -0.4 is 4.90 Å². The summed E-state index contributed by atoms with van der Waals surface area (Å²) in [5.41, 5.74) is 17.8. The number of hydrogen-bond acceptors (Lipinski definition) is 2. The summed E-state index contributed by atoms with van der Waals surface area (Å²) < 4.78 is 8.99.